The molecule has 0 unspecified atom stereocenters. The zero-order valence-electron chi connectivity index (χ0n) is 10.0. The maximum Gasteiger partial charge on any atom is 0.266 e. The Bertz CT molecular complexity index is 844. The second kappa shape index (κ2) is 5.04. The molecule has 0 aliphatic rings. The Kier molecular flexibility index (Phi) is 3.22. The minimum absolute atomic E-state index is 0.329. The van der Waals surface area contributed by atoms with E-state index in [0.29, 0.717) is 20.8 Å². The van der Waals surface area contributed by atoms with Gasteiger partial charge in [0.1, 0.15) is 16.9 Å². The number of carbonyl (C=O) groups is 1. The van der Waals surface area contributed by atoms with Crippen molar-refractivity contribution < 1.29 is 9.18 Å². The average Bonchev–Trinajstić information content (AvgIpc) is 3.05. The van der Waals surface area contributed by atoms with Crippen molar-refractivity contribution in [3.63, 3.8) is 0 Å². The Balaban J connectivity index is 1.93. The number of fused-ring (bicyclic) bond motifs is 1. The molecule has 6 heteroatoms. The molecule has 98 valence electrons. The van der Waals surface area contributed by atoms with Crippen LogP contribution in [0.25, 0.3) is 10.1 Å². The molecule has 0 fully saturated rings. The first-order chi connectivity index (χ1) is 9.69. The molecular formula is C14H7FN2OS2. The van der Waals surface area contributed by atoms with Crippen molar-refractivity contribution in [2.24, 2.45) is 0 Å². The van der Waals surface area contributed by atoms with Gasteiger partial charge < -0.3 is 5.32 Å². The molecule has 2 aromatic heterocycles. The van der Waals surface area contributed by atoms with Gasteiger partial charge in [0.05, 0.1) is 10.4 Å². The van der Waals surface area contributed by atoms with Gasteiger partial charge in [0, 0.05) is 10.1 Å². The number of benzene rings is 1. The highest BCUT2D eigenvalue weighted by Gasteiger charge is 2.14. The minimum Gasteiger partial charge on any atom is -0.312 e. The van der Waals surface area contributed by atoms with Crippen LogP contribution in [-0.2, 0) is 0 Å². The number of nitrogens with zero attached hydrogens (tertiary/aromatic N) is 1. The van der Waals surface area contributed by atoms with Gasteiger partial charge in [-0.25, -0.2) is 4.39 Å². The lowest BCUT2D eigenvalue weighted by Gasteiger charge is -1.99. The lowest BCUT2D eigenvalue weighted by atomic mass is 10.2. The molecular weight excluding hydrogens is 295 g/mol. The Labute approximate surface area is 121 Å². The van der Waals surface area contributed by atoms with E-state index < -0.39 is 0 Å². The highest BCUT2D eigenvalue weighted by atomic mass is 32.1. The smallest absolute Gasteiger partial charge is 0.266 e. The van der Waals surface area contributed by atoms with Gasteiger partial charge in [-0.1, -0.05) is 6.07 Å². The van der Waals surface area contributed by atoms with Crippen LogP contribution < -0.4 is 5.32 Å². The van der Waals surface area contributed by atoms with Crippen molar-refractivity contribution in [2.45, 2.75) is 0 Å². The normalized spacial score (nSPS) is 10.4. The van der Waals surface area contributed by atoms with Gasteiger partial charge in [0.15, 0.2) is 0 Å². The zero-order valence-corrected chi connectivity index (χ0v) is 11.6. The van der Waals surface area contributed by atoms with E-state index in [0.717, 1.165) is 4.70 Å². The predicted octanol–water partition coefficient (Wildman–Crippen LogP) is 4.23. The van der Waals surface area contributed by atoms with Crippen LogP contribution in [0.2, 0.25) is 0 Å². The largest absolute Gasteiger partial charge is 0.312 e. The lowest BCUT2D eigenvalue weighted by molar-refractivity contribution is 0.103. The SMILES string of the molecule is N#Cc1ccsc1NC(=O)c1cc2c(F)cccc2s1. The van der Waals surface area contributed by atoms with Crippen molar-refractivity contribution in [2.75, 3.05) is 5.32 Å². The van der Waals surface area contributed by atoms with E-state index in [1.54, 1.807) is 23.6 Å². The molecule has 3 aromatic rings. The van der Waals surface area contributed by atoms with Crippen LogP contribution in [0.15, 0.2) is 35.7 Å². The highest BCUT2D eigenvalue weighted by molar-refractivity contribution is 7.21. The van der Waals surface area contributed by atoms with E-state index in [4.69, 9.17) is 5.26 Å². The van der Waals surface area contributed by atoms with Crippen molar-refractivity contribution in [3.05, 3.63) is 52.0 Å². The summed E-state index contributed by atoms with van der Waals surface area (Å²) >= 11 is 2.51. The number of nitriles is 1. The number of carbonyl (C=O) groups excluding carboxylic acids is 1. The van der Waals surface area contributed by atoms with Crippen molar-refractivity contribution in [1.82, 2.24) is 0 Å². The molecule has 0 spiro atoms. The molecule has 2 heterocycles. The van der Waals surface area contributed by atoms with Gasteiger partial charge >= 0.3 is 0 Å². The van der Waals surface area contributed by atoms with Crippen molar-refractivity contribution in [1.29, 1.82) is 5.26 Å². The summed E-state index contributed by atoms with van der Waals surface area (Å²) in [5.74, 6) is -0.670. The molecule has 0 atom stereocenters. The number of thiophene rings is 2. The first-order valence-corrected chi connectivity index (χ1v) is 7.35. The Hall–Kier alpha value is -2.23. The quantitative estimate of drug-likeness (QED) is 0.770. The third-order valence-corrected chi connectivity index (χ3v) is 4.67. The van der Waals surface area contributed by atoms with E-state index in [1.807, 2.05) is 6.07 Å². The van der Waals surface area contributed by atoms with Crippen LogP contribution in [0.5, 0.6) is 0 Å². The Morgan fingerprint density at radius 2 is 2.20 bits per heavy atom. The standard InChI is InChI=1S/C14H7FN2OS2/c15-10-2-1-3-11-9(10)6-12(20-11)13(18)17-14-8(7-16)4-5-19-14/h1-6H,(H,17,18). The summed E-state index contributed by atoms with van der Waals surface area (Å²) in [5.41, 5.74) is 0.427. The molecule has 1 aromatic carbocycles. The topological polar surface area (TPSA) is 52.9 Å². The molecule has 0 saturated heterocycles. The van der Waals surface area contributed by atoms with E-state index >= 15 is 0 Å². The average molecular weight is 302 g/mol. The summed E-state index contributed by atoms with van der Waals surface area (Å²) in [6.45, 7) is 0. The summed E-state index contributed by atoms with van der Waals surface area (Å²) in [7, 11) is 0. The van der Waals surface area contributed by atoms with E-state index in [1.165, 1.54) is 34.8 Å². The number of hydrogen-bond donors (Lipinski definition) is 1. The molecule has 0 aliphatic carbocycles. The molecule has 0 saturated carbocycles. The monoisotopic (exact) mass is 302 g/mol. The van der Waals surface area contributed by atoms with Gasteiger partial charge in [-0.15, -0.1) is 22.7 Å². The second-order valence-corrected chi connectivity index (χ2v) is 5.99. The summed E-state index contributed by atoms with van der Waals surface area (Å²) < 4.78 is 14.3. The van der Waals surface area contributed by atoms with Gasteiger partial charge in [-0.2, -0.15) is 5.26 Å². The van der Waals surface area contributed by atoms with Gasteiger partial charge in [-0.3, -0.25) is 4.79 Å². The molecule has 0 aliphatic heterocycles. The molecule has 20 heavy (non-hydrogen) atoms. The van der Waals surface area contributed by atoms with Crippen molar-refractivity contribution in [3.8, 4) is 6.07 Å². The van der Waals surface area contributed by atoms with Gasteiger partial charge in [-0.05, 0) is 29.6 Å². The first kappa shape index (κ1) is 12.8. The zero-order chi connectivity index (χ0) is 14.1. The van der Waals surface area contributed by atoms with Crippen molar-refractivity contribution >= 4 is 43.7 Å². The van der Waals surface area contributed by atoms with Crippen LogP contribution in [0.1, 0.15) is 15.2 Å². The predicted molar refractivity (Wildman–Crippen MR) is 78.8 cm³/mol. The number of halogens is 1. The molecule has 3 nitrogen and oxygen atoms in total. The molecule has 1 N–H and O–H groups in total. The first-order valence-electron chi connectivity index (χ1n) is 5.66. The highest BCUT2D eigenvalue weighted by Crippen LogP contribution is 2.29. The van der Waals surface area contributed by atoms with Gasteiger partial charge in [0.25, 0.3) is 5.91 Å². The summed E-state index contributed by atoms with van der Waals surface area (Å²) in [6.07, 6.45) is 0. The number of nitrogens with one attached hydrogen (secondary N) is 1. The molecule has 0 radical (unpaired) electrons. The van der Waals surface area contributed by atoms with E-state index in [2.05, 4.69) is 5.32 Å². The molecule has 1 amide bonds. The summed E-state index contributed by atoms with van der Waals surface area (Å²) in [6, 6.07) is 9.93. The molecule has 0 bridgehead atoms. The van der Waals surface area contributed by atoms with E-state index in [9.17, 15) is 9.18 Å². The van der Waals surface area contributed by atoms with Crippen LogP contribution in [0.3, 0.4) is 0 Å². The fraction of sp³-hybridized carbons (Fsp3) is 0. The second-order valence-electron chi connectivity index (χ2n) is 3.99. The number of amides is 1. The van der Waals surface area contributed by atoms with E-state index in [-0.39, 0.29) is 11.7 Å². The fourth-order valence-corrected chi connectivity index (χ4v) is 3.50. The maximum atomic E-state index is 13.6. The number of rotatable bonds is 2. The minimum atomic E-state index is -0.341. The number of hydrogen-bond acceptors (Lipinski definition) is 4. The fourth-order valence-electron chi connectivity index (χ4n) is 1.80. The van der Waals surface area contributed by atoms with Crippen LogP contribution >= 0.6 is 22.7 Å². The van der Waals surface area contributed by atoms with Crippen LogP contribution in [0, 0.1) is 17.1 Å². The Morgan fingerprint density at radius 3 is 2.95 bits per heavy atom. The third-order valence-electron chi connectivity index (χ3n) is 2.74. The van der Waals surface area contributed by atoms with Crippen LogP contribution in [0.4, 0.5) is 9.39 Å². The molecule has 3 rings (SSSR count). The van der Waals surface area contributed by atoms with Gasteiger partial charge in [0.2, 0.25) is 0 Å². The number of anilines is 1. The maximum absolute atomic E-state index is 13.6. The third kappa shape index (κ3) is 2.18. The Morgan fingerprint density at radius 1 is 1.35 bits per heavy atom. The van der Waals surface area contributed by atoms with Crippen LogP contribution in [-0.4, -0.2) is 5.91 Å². The summed E-state index contributed by atoms with van der Waals surface area (Å²) in [5, 5.41) is 14.3. The summed E-state index contributed by atoms with van der Waals surface area (Å²) in [4.78, 5) is 12.6. The lowest BCUT2D eigenvalue weighted by Crippen LogP contribution is -2.09.